The number of nitrogens with zero attached hydrogens (tertiary/aromatic N) is 2. The van der Waals surface area contributed by atoms with Crippen LogP contribution < -0.4 is 5.32 Å². The van der Waals surface area contributed by atoms with Gasteiger partial charge in [-0.05, 0) is 36.4 Å². The third-order valence-electron chi connectivity index (χ3n) is 2.36. The van der Waals surface area contributed by atoms with E-state index in [2.05, 4.69) is 10.3 Å². The fraction of sp³-hybridized carbons (Fsp3) is 0.0769. The molecule has 0 atom stereocenters. The summed E-state index contributed by atoms with van der Waals surface area (Å²) in [5.74, 6) is 0. The lowest BCUT2D eigenvalue weighted by Crippen LogP contribution is -2.07. The van der Waals surface area contributed by atoms with Crippen LogP contribution in [0.15, 0.2) is 42.6 Å². The smallest absolute Gasteiger partial charge is 0.354 e. The summed E-state index contributed by atoms with van der Waals surface area (Å²) in [6.45, 7) is 0. The Morgan fingerprint density at radius 2 is 1.63 bits per heavy atom. The molecule has 0 saturated carbocycles. The Hall–Kier alpha value is -2.55. The zero-order valence-corrected chi connectivity index (χ0v) is 9.57. The molecule has 2 rings (SSSR count). The molecule has 0 fully saturated rings. The normalized spacial score (nSPS) is 10.8. The van der Waals surface area contributed by atoms with Crippen molar-refractivity contribution < 1.29 is 13.2 Å². The Morgan fingerprint density at radius 3 is 2.11 bits per heavy atom. The first-order valence-corrected chi connectivity index (χ1v) is 5.29. The molecule has 1 N–H and O–H groups in total. The highest BCUT2D eigenvalue weighted by molar-refractivity contribution is 5.59. The third kappa shape index (κ3) is 3.22. The van der Waals surface area contributed by atoms with Gasteiger partial charge in [-0.15, -0.1) is 0 Å². The first kappa shape index (κ1) is 12.9. The van der Waals surface area contributed by atoms with Crippen LogP contribution >= 0.6 is 0 Å². The van der Waals surface area contributed by atoms with E-state index >= 15 is 0 Å². The quantitative estimate of drug-likeness (QED) is 0.898. The van der Waals surface area contributed by atoms with Crippen LogP contribution in [-0.2, 0) is 6.18 Å². The van der Waals surface area contributed by atoms with Gasteiger partial charge in [-0.2, -0.15) is 18.4 Å². The van der Waals surface area contributed by atoms with Gasteiger partial charge in [-0.1, -0.05) is 0 Å². The summed E-state index contributed by atoms with van der Waals surface area (Å²) in [5.41, 5.74) is 0.687. The second-order valence-electron chi connectivity index (χ2n) is 3.74. The van der Waals surface area contributed by atoms with E-state index in [4.69, 9.17) is 5.26 Å². The minimum atomic E-state index is -4.44. The number of alkyl halides is 3. The van der Waals surface area contributed by atoms with Crippen LogP contribution in [0.5, 0.6) is 0 Å². The number of anilines is 2. The van der Waals surface area contributed by atoms with E-state index in [0.717, 1.165) is 12.3 Å². The fourth-order valence-corrected chi connectivity index (χ4v) is 1.43. The van der Waals surface area contributed by atoms with Crippen molar-refractivity contribution in [1.29, 1.82) is 5.26 Å². The summed E-state index contributed by atoms with van der Waals surface area (Å²) in [6, 6.07) is 10.7. The second-order valence-corrected chi connectivity index (χ2v) is 3.74. The van der Waals surface area contributed by atoms with E-state index in [1.807, 2.05) is 6.07 Å². The number of halogens is 3. The molecule has 3 nitrogen and oxygen atoms in total. The molecule has 0 aliphatic heterocycles. The van der Waals surface area contributed by atoms with Gasteiger partial charge in [-0.25, -0.2) is 4.98 Å². The van der Waals surface area contributed by atoms with Gasteiger partial charge in [0.05, 0.1) is 23.5 Å². The highest BCUT2D eigenvalue weighted by Crippen LogP contribution is 2.28. The maximum Gasteiger partial charge on any atom is 0.433 e. The number of aromatic nitrogens is 1. The van der Waals surface area contributed by atoms with Crippen molar-refractivity contribution in [3.05, 3.63) is 53.9 Å². The largest absolute Gasteiger partial charge is 0.433 e. The Morgan fingerprint density at radius 1 is 1.00 bits per heavy atom. The maximum absolute atomic E-state index is 12.3. The van der Waals surface area contributed by atoms with Crippen LogP contribution in [0.2, 0.25) is 0 Å². The molecule has 0 spiro atoms. The second kappa shape index (κ2) is 4.98. The summed E-state index contributed by atoms with van der Waals surface area (Å²) in [7, 11) is 0. The number of nitriles is 1. The number of rotatable bonds is 2. The number of hydrogen-bond donors (Lipinski definition) is 1. The number of benzene rings is 1. The van der Waals surface area contributed by atoms with Crippen molar-refractivity contribution in [2.45, 2.75) is 6.18 Å². The molecule has 6 heteroatoms. The standard InChI is InChI=1S/C13H8F3N3/c14-13(15,16)12-6-5-11(8-18-12)19-10-3-1-9(7-17)2-4-10/h1-6,8,19H. The van der Waals surface area contributed by atoms with E-state index in [9.17, 15) is 13.2 Å². The van der Waals surface area contributed by atoms with E-state index < -0.39 is 11.9 Å². The van der Waals surface area contributed by atoms with Gasteiger partial charge < -0.3 is 5.32 Å². The summed E-state index contributed by atoms with van der Waals surface area (Å²) in [4.78, 5) is 3.34. The van der Waals surface area contributed by atoms with Crippen LogP contribution in [0.25, 0.3) is 0 Å². The Balaban J connectivity index is 2.13. The van der Waals surface area contributed by atoms with Crippen LogP contribution in [0.1, 0.15) is 11.3 Å². The number of pyridine rings is 1. The lowest BCUT2D eigenvalue weighted by molar-refractivity contribution is -0.141. The predicted octanol–water partition coefficient (Wildman–Crippen LogP) is 3.72. The maximum atomic E-state index is 12.3. The predicted molar refractivity (Wildman–Crippen MR) is 63.7 cm³/mol. The van der Waals surface area contributed by atoms with E-state index in [-0.39, 0.29) is 0 Å². The monoisotopic (exact) mass is 263 g/mol. The van der Waals surface area contributed by atoms with Crippen LogP contribution in [0, 0.1) is 11.3 Å². The average Bonchev–Trinajstić information content (AvgIpc) is 2.39. The minimum Gasteiger partial charge on any atom is -0.354 e. The van der Waals surface area contributed by atoms with Gasteiger partial charge in [-0.3, -0.25) is 0 Å². The molecule has 96 valence electrons. The van der Waals surface area contributed by atoms with Gasteiger partial charge in [0.1, 0.15) is 5.69 Å². The van der Waals surface area contributed by atoms with Crippen molar-refractivity contribution in [3.8, 4) is 6.07 Å². The van der Waals surface area contributed by atoms with E-state index in [1.165, 1.54) is 6.07 Å². The summed E-state index contributed by atoms with van der Waals surface area (Å²) >= 11 is 0. The first-order valence-electron chi connectivity index (χ1n) is 5.29. The molecule has 0 radical (unpaired) electrons. The Kier molecular flexibility index (Phi) is 3.38. The molecule has 0 amide bonds. The molecule has 0 aliphatic rings. The van der Waals surface area contributed by atoms with Gasteiger partial charge in [0.25, 0.3) is 0 Å². The first-order chi connectivity index (χ1) is 8.99. The van der Waals surface area contributed by atoms with Crippen LogP contribution in [0.4, 0.5) is 24.5 Å². The molecular weight excluding hydrogens is 255 g/mol. The van der Waals surface area contributed by atoms with Crippen LogP contribution in [-0.4, -0.2) is 4.98 Å². The van der Waals surface area contributed by atoms with Gasteiger partial charge in [0.2, 0.25) is 0 Å². The molecule has 2 aromatic rings. The molecule has 0 unspecified atom stereocenters. The van der Waals surface area contributed by atoms with E-state index in [0.29, 0.717) is 16.9 Å². The molecule has 19 heavy (non-hydrogen) atoms. The van der Waals surface area contributed by atoms with Gasteiger partial charge in [0.15, 0.2) is 0 Å². The number of nitrogens with one attached hydrogen (secondary N) is 1. The van der Waals surface area contributed by atoms with Crippen molar-refractivity contribution in [2.24, 2.45) is 0 Å². The third-order valence-corrected chi connectivity index (χ3v) is 2.36. The molecule has 0 bridgehead atoms. The fourth-order valence-electron chi connectivity index (χ4n) is 1.43. The van der Waals surface area contributed by atoms with Crippen molar-refractivity contribution in [2.75, 3.05) is 5.32 Å². The minimum absolute atomic E-state index is 0.442. The molecule has 0 aliphatic carbocycles. The lowest BCUT2D eigenvalue weighted by atomic mass is 10.2. The summed E-state index contributed by atoms with van der Waals surface area (Å²) in [6.07, 6.45) is -3.33. The molecule has 1 aromatic carbocycles. The molecule has 1 aromatic heterocycles. The molecule has 0 saturated heterocycles. The van der Waals surface area contributed by atoms with Crippen molar-refractivity contribution >= 4 is 11.4 Å². The molecule has 1 heterocycles. The molecular formula is C13H8F3N3. The lowest BCUT2D eigenvalue weighted by Gasteiger charge is -2.08. The van der Waals surface area contributed by atoms with Crippen molar-refractivity contribution in [1.82, 2.24) is 4.98 Å². The highest BCUT2D eigenvalue weighted by Gasteiger charge is 2.31. The van der Waals surface area contributed by atoms with Crippen molar-refractivity contribution in [3.63, 3.8) is 0 Å². The topological polar surface area (TPSA) is 48.7 Å². The number of hydrogen-bond acceptors (Lipinski definition) is 3. The zero-order valence-electron chi connectivity index (χ0n) is 9.57. The zero-order chi connectivity index (χ0) is 13.9. The Bertz CT molecular complexity index is 595. The SMILES string of the molecule is N#Cc1ccc(Nc2ccc(C(F)(F)F)nc2)cc1. The van der Waals surface area contributed by atoms with Crippen LogP contribution in [0.3, 0.4) is 0 Å². The van der Waals surface area contributed by atoms with Gasteiger partial charge >= 0.3 is 6.18 Å². The summed E-state index contributed by atoms with van der Waals surface area (Å²) < 4.78 is 36.9. The van der Waals surface area contributed by atoms with E-state index in [1.54, 1.807) is 24.3 Å². The van der Waals surface area contributed by atoms with Gasteiger partial charge in [0, 0.05) is 5.69 Å². The Labute approximate surface area is 107 Å². The average molecular weight is 263 g/mol. The highest BCUT2D eigenvalue weighted by atomic mass is 19.4. The summed E-state index contributed by atoms with van der Waals surface area (Å²) in [5, 5.41) is 11.5.